The molecule has 0 aliphatic rings. The van der Waals surface area contributed by atoms with Crippen molar-refractivity contribution in [3.8, 4) is 0 Å². The smallest absolute Gasteiger partial charge is 0.338 e. The number of hydrogen-bond donors (Lipinski definition) is 0. The van der Waals surface area contributed by atoms with Crippen LogP contribution in [0.25, 0.3) is 0 Å². The van der Waals surface area contributed by atoms with E-state index in [9.17, 15) is 9.59 Å². The molecule has 3 rings (SSSR count). The molecule has 5 heteroatoms. The number of carbonyl (C=O) groups is 2. The molecule has 0 saturated carbocycles. The number of aryl methyl sites for hydroxylation is 1. The van der Waals surface area contributed by atoms with Crippen LogP contribution in [-0.2, 0) is 17.7 Å². The molecule has 2 aromatic carbocycles. The van der Waals surface area contributed by atoms with Gasteiger partial charge in [-0.3, -0.25) is 9.78 Å². The molecule has 1 aromatic heterocycles. The van der Waals surface area contributed by atoms with E-state index in [2.05, 4.69) is 17.1 Å². The van der Waals surface area contributed by atoms with Gasteiger partial charge in [-0.1, -0.05) is 48.5 Å². The Bertz CT molecular complexity index is 943. The van der Waals surface area contributed by atoms with Gasteiger partial charge in [0.15, 0.2) is 0 Å². The Balaban J connectivity index is 1.80. The van der Waals surface area contributed by atoms with E-state index in [1.54, 1.807) is 41.6 Å². The van der Waals surface area contributed by atoms with Crippen LogP contribution in [0, 0.1) is 0 Å². The van der Waals surface area contributed by atoms with E-state index >= 15 is 0 Å². The molecule has 3 aromatic rings. The molecule has 0 radical (unpaired) electrons. The van der Waals surface area contributed by atoms with Crippen molar-refractivity contribution in [2.24, 2.45) is 0 Å². The number of aromatic nitrogens is 1. The zero-order valence-electron chi connectivity index (χ0n) is 16.5. The van der Waals surface area contributed by atoms with E-state index in [0.717, 1.165) is 18.4 Å². The van der Waals surface area contributed by atoms with E-state index < -0.39 is 5.97 Å². The number of methoxy groups -OCH3 is 1. The summed E-state index contributed by atoms with van der Waals surface area (Å²) in [5.41, 5.74) is 2.80. The Kier molecular flexibility index (Phi) is 7.11. The van der Waals surface area contributed by atoms with Crippen molar-refractivity contribution in [2.75, 3.05) is 13.7 Å². The van der Waals surface area contributed by atoms with Gasteiger partial charge >= 0.3 is 5.97 Å². The van der Waals surface area contributed by atoms with Gasteiger partial charge < -0.3 is 9.64 Å². The van der Waals surface area contributed by atoms with Gasteiger partial charge in [-0.2, -0.15) is 0 Å². The number of rotatable bonds is 8. The van der Waals surface area contributed by atoms with E-state index in [4.69, 9.17) is 4.74 Å². The van der Waals surface area contributed by atoms with Gasteiger partial charge in [0.1, 0.15) is 0 Å². The van der Waals surface area contributed by atoms with Crippen LogP contribution in [-0.4, -0.2) is 35.4 Å². The minimum Gasteiger partial charge on any atom is -0.465 e. The molecule has 0 aliphatic carbocycles. The van der Waals surface area contributed by atoms with Crippen molar-refractivity contribution in [1.29, 1.82) is 0 Å². The predicted octanol–water partition coefficient (Wildman–Crippen LogP) is 4.14. The van der Waals surface area contributed by atoms with Crippen LogP contribution in [0.1, 0.15) is 38.3 Å². The van der Waals surface area contributed by atoms with E-state index in [1.807, 2.05) is 30.3 Å². The maximum Gasteiger partial charge on any atom is 0.338 e. The van der Waals surface area contributed by atoms with Crippen LogP contribution < -0.4 is 0 Å². The first-order valence-corrected chi connectivity index (χ1v) is 9.58. The van der Waals surface area contributed by atoms with Gasteiger partial charge in [0.25, 0.3) is 5.91 Å². The van der Waals surface area contributed by atoms with E-state index in [0.29, 0.717) is 18.7 Å². The van der Waals surface area contributed by atoms with Crippen molar-refractivity contribution in [3.05, 3.63) is 101 Å². The summed E-state index contributed by atoms with van der Waals surface area (Å²) in [5.74, 6) is -0.706. The van der Waals surface area contributed by atoms with E-state index in [1.165, 1.54) is 12.7 Å². The Labute approximate surface area is 171 Å². The largest absolute Gasteiger partial charge is 0.465 e. The Morgan fingerprint density at radius 1 is 0.897 bits per heavy atom. The first-order valence-electron chi connectivity index (χ1n) is 9.58. The molecule has 1 heterocycles. The fourth-order valence-corrected chi connectivity index (χ4v) is 3.21. The number of amides is 1. The lowest BCUT2D eigenvalue weighted by Crippen LogP contribution is -2.33. The predicted molar refractivity (Wildman–Crippen MR) is 112 cm³/mol. The van der Waals surface area contributed by atoms with Gasteiger partial charge in [0, 0.05) is 25.5 Å². The van der Waals surface area contributed by atoms with Crippen molar-refractivity contribution < 1.29 is 14.3 Å². The number of esters is 1. The fraction of sp³-hybridized carbons (Fsp3) is 0.208. The molecule has 0 bridgehead atoms. The quantitative estimate of drug-likeness (QED) is 0.544. The van der Waals surface area contributed by atoms with Crippen LogP contribution in [0.5, 0.6) is 0 Å². The van der Waals surface area contributed by atoms with Crippen LogP contribution in [0.2, 0.25) is 0 Å². The average Bonchev–Trinajstić information content (AvgIpc) is 2.79. The number of benzene rings is 2. The van der Waals surface area contributed by atoms with Gasteiger partial charge in [0.05, 0.1) is 18.2 Å². The third-order valence-corrected chi connectivity index (χ3v) is 4.68. The first-order chi connectivity index (χ1) is 14.2. The number of pyridine rings is 1. The summed E-state index contributed by atoms with van der Waals surface area (Å²) in [6.07, 6.45) is 5.15. The molecule has 0 atom stereocenters. The van der Waals surface area contributed by atoms with Gasteiger partial charge in [-0.05, 0) is 42.2 Å². The average molecular weight is 388 g/mol. The third kappa shape index (κ3) is 5.51. The summed E-state index contributed by atoms with van der Waals surface area (Å²) in [6, 6.07) is 20.7. The van der Waals surface area contributed by atoms with E-state index in [-0.39, 0.29) is 11.5 Å². The van der Waals surface area contributed by atoms with Gasteiger partial charge in [-0.15, -0.1) is 0 Å². The molecule has 1 amide bonds. The molecule has 0 N–H and O–H groups in total. The third-order valence-electron chi connectivity index (χ3n) is 4.68. The SMILES string of the molecule is COC(=O)c1ccccc1C(=O)N(CCCc1ccccc1)Cc1cccnc1. The highest BCUT2D eigenvalue weighted by molar-refractivity contribution is 6.05. The second kappa shape index (κ2) is 10.2. The molecular formula is C24H24N2O3. The molecule has 148 valence electrons. The monoisotopic (exact) mass is 388 g/mol. The molecule has 0 saturated heterocycles. The van der Waals surface area contributed by atoms with Gasteiger partial charge in [-0.25, -0.2) is 4.79 Å². The van der Waals surface area contributed by atoms with Crippen LogP contribution in [0.4, 0.5) is 0 Å². The number of nitrogens with zero attached hydrogens (tertiary/aromatic N) is 2. The summed E-state index contributed by atoms with van der Waals surface area (Å²) in [6.45, 7) is 0.995. The second-order valence-corrected chi connectivity index (χ2v) is 6.71. The highest BCUT2D eigenvalue weighted by Gasteiger charge is 2.22. The topological polar surface area (TPSA) is 59.5 Å². The minimum absolute atomic E-state index is 0.192. The number of carbonyl (C=O) groups excluding carboxylic acids is 2. The second-order valence-electron chi connectivity index (χ2n) is 6.71. The maximum absolute atomic E-state index is 13.3. The molecule has 29 heavy (non-hydrogen) atoms. The summed E-state index contributed by atoms with van der Waals surface area (Å²) >= 11 is 0. The van der Waals surface area contributed by atoms with Crippen LogP contribution >= 0.6 is 0 Å². The van der Waals surface area contributed by atoms with Crippen molar-refractivity contribution in [2.45, 2.75) is 19.4 Å². The first kappa shape index (κ1) is 20.3. The minimum atomic E-state index is -0.514. The lowest BCUT2D eigenvalue weighted by molar-refractivity contribution is 0.0589. The lowest BCUT2D eigenvalue weighted by Gasteiger charge is -2.24. The molecule has 5 nitrogen and oxygen atoms in total. The Morgan fingerprint density at radius 2 is 1.59 bits per heavy atom. The maximum atomic E-state index is 13.3. The standard InChI is InChI=1S/C24H24N2O3/c1-29-24(28)22-14-6-5-13-21(22)23(27)26(18-20-11-7-15-25-17-20)16-8-12-19-9-3-2-4-10-19/h2-7,9-11,13-15,17H,8,12,16,18H2,1H3. The Hall–Kier alpha value is -3.47. The fourth-order valence-electron chi connectivity index (χ4n) is 3.21. The number of ether oxygens (including phenoxy) is 1. The van der Waals surface area contributed by atoms with Crippen molar-refractivity contribution in [1.82, 2.24) is 9.88 Å². The zero-order chi connectivity index (χ0) is 20.5. The summed E-state index contributed by atoms with van der Waals surface area (Å²) in [7, 11) is 1.32. The number of hydrogen-bond acceptors (Lipinski definition) is 4. The molecule has 0 fully saturated rings. The summed E-state index contributed by atoms with van der Waals surface area (Å²) in [4.78, 5) is 31.4. The zero-order valence-corrected chi connectivity index (χ0v) is 16.5. The summed E-state index contributed by atoms with van der Waals surface area (Å²) in [5, 5.41) is 0. The van der Waals surface area contributed by atoms with Gasteiger partial charge in [0.2, 0.25) is 0 Å². The molecule has 0 spiro atoms. The Morgan fingerprint density at radius 3 is 2.28 bits per heavy atom. The molecule has 0 unspecified atom stereocenters. The van der Waals surface area contributed by atoms with Crippen LogP contribution in [0.3, 0.4) is 0 Å². The van der Waals surface area contributed by atoms with Crippen molar-refractivity contribution in [3.63, 3.8) is 0 Å². The van der Waals surface area contributed by atoms with Crippen molar-refractivity contribution >= 4 is 11.9 Å². The lowest BCUT2D eigenvalue weighted by atomic mass is 10.0. The molecular weight excluding hydrogens is 364 g/mol. The van der Waals surface area contributed by atoms with Crippen LogP contribution in [0.15, 0.2) is 79.1 Å². The highest BCUT2D eigenvalue weighted by Crippen LogP contribution is 2.16. The normalized spacial score (nSPS) is 10.4. The highest BCUT2D eigenvalue weighted by atomic mass is 16.5. The molecule has 0 aliphatic heterocycles. The summed E-state index contributed by atoms with van der Waals surface area (Å²) < 4.78 is 4.84.